The van der Waals surface area contributed by atoms with E-state index in [9.17, 15) is 9.18 Å². The maximum atomic E-state index is 14.5. The molecule has 42 heavy (non-hydrogen) atoms. The molecule has 3 heterocycles. The summed E-state index contributed by atoms with van der Waals surface area (Å²) < 4.78 is 16.8. The van der Waals surface area contributed by atoms with Crippen LogP contribution in [-0.4, -0.2) is 59.5 Å². The van der Waals surface area contributed by atoms with Crippen molar-refractivity contribution >= 4 is 34.4 Å². The van der Waals surface area contributed by atoms with Gasteiger partial charge in [-0.05, 0) is 74.2 Å². The van der Waals surface area contributed by atoms with Gasteiger partial charge >= 0.3 is 0 Å². The molecule has 0 amide bonds. The van der Waals surface area contributed by atoms with Crippen LogP contribution in [0.2, 0.25) is 5.02 Å². The van der Waals surface area contributed by atoms with Crippen LogP contribution in [-0.2, 0) is 6.54 Å². The summed E-state index contributed by atoms with van der Waals surface area (Å²) in [6.45, 7) is 11.6. The monoisotopic (exact) mass is 587 g/mol. The number of nitrogens with zero attached hydrogens (tertiary/aromatic N) is 4. The lowest BCUT2D eigenvalue weighted by Gasteiger charge is -2.29. The molecule has 0 radical (unpaired) electrons. The molecule has 8 heteroatoms. The summed E-state index contributed by atoms with van der Waals surface area (Å²) in [7, 11) is 0. The first-order valence-corrected chi connectivity index (χ1v) is 15.5. The Morgan fingerprint density at radius 3 is 2.45 bits per heavy atom. The molecule has 2 aliphatic rings. The standard InChI is InChI=1S/C34H39ClFN5O/c1-4-13-39-14-10-27(33(42)25-8-6-5-7-9-25)32(39)28-19-26(35)20-29-31(28)38-34(40-15-11-37-12-16-40)41(29)21-24-17-22(2)30(36)23(3)18-24/h5-9,17-20,27,32,37H,4,10-16,21H2,1-3H3/t27-,32+/m1/s1. The van der Waals surface area contributed by atoms with Crippen LogP contribution >= 0.6 is 11.6 Å². The highest BCUT2D eigenvalue weighted by molar-refractivity contribution is 6.31. The number of rotatable bonds is 8. The van der Waals surface area contributed by atoms with Crippen molar-refractivity contribution in [3.63, 3.8) is 0 Å². The molecule has 0 aliphatic carbocycles. The van der Waals surface area contributed by atoms with Crippen molar-refractivity contribution in [2.24, 2.45) is 5.92 Å². The summed E-state index contributed by atoms with van der Waals surface area (Å²) in [6.07, 6.45) is 1.79. The highest BCUT2D eigenvalue weighted by Crippen LogP contribution is 2.43. The van der Waals surface area contributed by atoms with Crippen LogP contribution in [0.25, 0.3) is 11.0 Å². The molecule has 4 aromatic rings. The van der Waals surface area contributed by atoms with Gasteiger partial charge in [0.25, 0.3) is 0 Å². The van der Waals surface area contributed by atoms with Gasteiger partial charge in [-0.3, -0.25) is 9.69 Å². The Kier molecular flexibility index (Phi) is 8.35. The molecule has 2 atom stereocenters. The number of benzene rings is 3. The molecule has 1 aromatic heterocycles. The maximum Gasteiger partial charge on any atom is 0.206 e. The zero-order valence-corrected chi connectivity index (χ0v) is 25.4. The number of carbonyl (C=O) groups excluding carboxylic acids is 1. The smallest absolute Gasteiger partial charge is 0.206 e. The fourth-order valence-electron chi connectivity index (χ4n) is 6.90. The number of Topliss-reactive ketones (excluding diaryl/α,β-unsaturated/α-hetero) is 1. The zero-order chi connectivity index (χ0) is 29.4. The van der Waals surface area contributed by atoms with Crippen LogP contribution in [0.15, 0.2) is 54.6 Å². The minimum atomic E-state index is -0.184. The summed E-state index contributed by atoms with van der Waals surface area (Å²) in [4.78, 5) is 24.0. The van der Waals surface area contributed by atoms with E-state index in [0.29, 0.717) is 22.7 Å². The second-order valence-electron chi connectivity index (χ2n) is 11.7. The molecule has 220 valence electrons. The third-order valence-electron chi connectivity index (χ3n) is 8.79. The molecule has 2 fully saturated rings. The Labute approximate surface area is 252 Å². The normalized spacial score (nSPS) is 19.6. The predicted molar refractivity (Wildman–Crippen MR) is 168 cm³/mol. The second kappa shape index (κ2) is 12.2. The van der Waals surface area contributed by atoms with Gasteiger partial charge in [0, 0.05) is 48.7 Å². The fraction of sp³-hybridized carbons (Fsp3) is 0.412. The number of hydrogen-bond acceptors (Lipinski definition) is 5. The van der Waals surface area contributed by atoms with E-state index in [1.807, 2.05) is 68.4 Å². The fourth-order valence-corrected chi connectivity index (χ4v) is 7.12. The molecule has 2 saturated heterocycles. The zero-order valence-electron chi connectivity index (χ0n) is 24.7. The minimum Gasteiger partial charge on any atom is -0.340 e. The van der Waals surface area contributed by atoms with E-state index in [1.165, 1.54) is 0 Å². The van der Waals surface area contributed by atoms with Gasteiger partial charge in [0.15, 0.2) is 5.78 Å². The lowest BCUT2D eigenvalue weighted by molar-refractivity contribution is 0.0882. The van der Waals surface area contributed by atoms with Crippen molar-refractivity contribution in [3.8, 4) is 0 Å². The molecule has 3 aromatic carbocycles. The van der Waals surface area contributed by atoms with Crippen molar-refractivity contribution < 1.29 is 9.18 Å². The second-order valence-corrected chi connectivity index (χ2v) is 12.2. The van der Waals surface area contributed by atoms with Gasteiger partial charge in [-0.2, -0.15) is 0 Å². The summed E-state index contributed by atoms with van der Waals surface area (Å²) >= 11 is 6.89. The van der Waals surface area contributed by atoms with Gasteiger partial charge in [0.05, 0.1) is 17.6 Å². The number of nitrogens with one attached hydrogen (secondary N) is 1. The third kappa shape index (κ3) is 5.46. The number of hydrogen-bond donors (Lipinski definition) is 1. The van der Waals surface area contributed by atoms with E-state index >= 15 is 0 Å². The molecule has 0 spiro atoms. The third-order valence-corrected chi connectivity index (χ3v) is 9.01. The number of likely N-dealkylation sites (tertiary alicyclic amines) is 1. The first kappa shape index (κ1) is 28.8. The average molecular weight is 588 g/mol. The molecule has 0 bridgehead atoms. The molecule has 6 nitrogen and oxygen atoms in total. The number of anilines is 1. The van der Waals surface area contributed by atoms with E-state index in [2.05, 4.69) is 26.6 Å². The number of ketones is 1. The summed E-state index contributed by atoms with van der Waals surface area (Å²) in [5.41, 5.74) is 5.90. The Morgan fingerprint density at radius 2 is 1.76 bits per heavy atom. The van der Waals surface area contributed by atoms with Crippen LogP contribution in [0.4, 0.5) is 10.3 Å². The summed E-state index contributed by atoms with van der Waals surface area (Å²) in [5, 5.41) is 4.07. The largest absolute Gasteiger partial charge is 0.340 e. The van der Waals surface area contributed by atoms with E-state index in [1.54, 1.807) is 0 Å². The van der Waals surface area contributed by atoms with Crippen LogP contribution in [0.3, 0.4) is 0 Å². The van der Waals surface area contributed by atoms with Crippen molar-refractivity contribution in [1.29, 1.82) is 0 Å². The van der Waals surface area contributed by atoms with Crippen molar-refractivity contribution in [2.75, 3.05) is 44.2 Å². The van der Waals surface area contributed by atoms with Gasteiger partial charge in [-0.15, -0.1) is 0 Å². The van der Waals surface area contributed by atoms with E-state index in [-0.39, 0.29) is 23.6 Å². The van der Waals surface area contributed by atoms with Crippen LogP contribution in [0.5, 0.6) is 0 Å². The van der Waals surface area contributed by atoms with E-state index < -0.39 is 0 Å². The maximum absolute atomic E-state index is 14.5. The van der Waals surface area contributed by atoms with Crippen molar-refractivity contribution in [3.05, 3.63) is 93.3 Å². The Bertz CT molecular complexity index is 1570. The number of halogens is 2. The quantitative estimate of drug-likeness (QED) is 0.237. The molecular formula is C34H39ClFN5O. The molecule has 1 N–H and O–H groups in total. The van der Waals surface area contributed by atoms with Gasteiger partial charge < -0.3 is 14.8 Å². The lowest BCUT2D eigenvalue weighted by atomic mass is 9.86. The minimum absolute atomic E-state index is 0.117. The highest BCUT2D eigenvalue weighted by atomic mass is 35.5. The van der Waals surface area contributed by atoms with Crippen molar-refractivity contribution in [2.45, 2.75) is 46.2 Å². The van der Waals surface area contributed by atoms with Gasteiger partial charge in [0.2, 0.25) is 5.95 Å². The predicted octanol–water partition coefficient (Wildman–Crippen LogP) is 6.56. The number of aromatic nitrogens is 2. The molecule has 2 aliphatic heterocycles. The van der Waals surface area contributed by atoms with E-state index in [4.69, 9.17) is 16.6 Å². The Hall–Kier alpha value is -3.26. The molecule has 0 saturated carbocycles. The highest BCUT2D eigenvalue weighted by Gasteiger charge is 2.41. The SMILES string of the molecule is CCCN1CC[C@@H](C(=O)c2ccccc2)[C@H]1c1cc(Cl)cc2c1nc(N1CCNCC1)n2Cc1cc(C)c(F)c(C)c1. The number of imidazole rings is 1. The molecule has 0 unspecified atom stereocenters. The number of piperazine rings is 1. The van der Waals surface area contributed by atoms with Gasteiger partial charge in [0.1, 0.15) is 5.82 Å². The summed E-state index contributed by atoms with van der Waals surface area (Å²) in [5.74, 6) is 0.719. The first-order valence-electron chi connectivity index (χ1n) is 15.1. The number of carbonyl (C=O) groups is 1. The topological polar surface area (TPSA) is 53.4 Å². The Balaban J connectivity index is 1.51. The van der Waals surface area contributed by atoms with Crippen molar-refractivity contribution in [1.82, 2.24) is 19.8 Å². The number of fused-ring (bicyclic) bond motifs is 1. The Morgan fingerprint density at radius 1 is 1.05 bits per heavy atom. The summed E-state index contributed by atoms with van der Waals surface area (Å²) in [6, 6.07) is 17.4. The first-order chi connectivity index (χ1) is 20.4. The molecular weight excluding hydrogens is 549 g/mol. The lowest BCUT2D eigenvalue weighted by Crippen LogP contribution is -2.44. The number of aryl methyl sites for hydroxylation is 2. The van der Waals surface area contributed by atoms with Crippen LogP contribution < -0.4 is 10.2 Å². The van der Waals surface area contributed by atoms with Gasteiger partial charge in [-0.25, -0.2) is 9.37 Å². The van der Waals surface area contributed by atoms with E-state index in [0.717, 1.165) is 85.8 Å². The average Bonchev–Trinajstić information content (AvgIpc) is 3.58. The van der Waals surface area contributed by atoms with Crippen LogP contribution in [0, 0.1) is 25.6 Å². The van der Waals surface area contributed by atoms with Gasteiger partial charge in [-0.1, -0.05) is 61.0 Å². The van der Waals surface area contributed by atoms with Crippen LogP contribution in [0.1, 0.15) is 58.4 Å². The molecule has 6 rings (SSSR count).